The van der Waals surface area contributed by atoms with E-state index < -0.39 is 0 Å². The van der Waals surface area contributed by atoms with Gasteiger partial charge in [-0.25, -0.2) is 0 Å². The van der Waals surface area contributed by atoms with Crippen molar-refractivity contribution in [2.45, 2.75) is 103 Å². The highest BCUT2D eigenvalue weighted by Gasteiger charge is 2.10. The summed E-state index contributed by atoms with van der Waals surface area (Å²) in [6, 6.07) is 18.9. The maximum absolute atomic E-state index is 12.4. The second-order valence-electron chi connectivity index (χ2n) is 9.79. The summed E-state index contributed by atoms with van der Waals surface area (Å²) in [6.45, 7) is 2.61. The van der Waals surface area contributed by atoms with E-state index in [4.69, 9.17) is 4.74 Å². The number of hydrogen-bond acceptors (Lipinski definition) is 2. The summed E-state index contributed by atoms with van der Waals surface area (Å²) in [7, 11) is 0. The zero-order valence-electron chi connectivity index (χ0n) is 21.8. The Balaban J connectivity index is 1.27. The topological polar surface area (TPSA) is 26.3 Å². The molecular weight excluding hydrogens is 428 g/mol. The fourth-order valence-corrected chi connectivity index (χ4v) is 4.83. The van der Waals surface area contributed by atoms with E-state index in [-0.39, 0.29) is 5.97 Å². The Morgan fingerprint density at radius 3 is 1.80 bits per heavy atom. The third kappa shape index (κ3) is 9.51. The fraction of sp³-hybridized carbons (Fsp3) is 0.485. The maximum Gasteiger partial charge on any atom is 0.306 e. The van der Waals surface area contributed by atoms with Crippen LogP contribution in [0.4, 0.5) is 0 Å². The molecule has 0 N–H and O–H groups in total. The highest BCUT2D eigenvalue weighted by atomic mass is 16.5. The first-order valence-corrected chi connectivity index (χ1v) is 14.0. The lowest BCUT2D eigenvalue weighted by Gasteiger charge is -2.12. The van der Waals surface area contributed by atoms with Crippen LogP contribution in [0.25, 0.3) is 21.5 Å². The molecule has 0 saturated carbocycles. The summed E-state index contributed by atoms with van der Waals surface area (Å²) < 4.78 is 5.72. The summed E-state index contributed by atoms with van der Waals surface area (Å²) in [5, 5.41) is 4.71. The molecule has 0 aromatic heterocycles. The van der Waals surface area contributed by atoms with Crippen LogP contribution in [0.3, 0.4) is 0 Å². The van der Waals surface area contributed by atoms with Crippen molar-refractivity contribution >= 4 is 27.5 Å². The van der Waals surface area contributed by atoms with Gasteiger partial charge in [-0.1, -0.05) is 119 Å². The second kappa shape index (κ2) is 16.1. The number of fused-ring (bicyclic) bond motifs is 2. The minimum absolute atomic E-state index is 0.0837. The molecule has 0 heterocycles. The van der Waals surface area contributed by atoms with E-state index in [9.17, 15) is 4.79 Å². The second-order valence-corrected chi connectivity index (χ2v) is 9.79. The lowest BCUT2D eigenvalue weighted by atomic mass is 9.97. The number of esters is 1. The van der Waals surface area contributed by atoms with Gasteiger partial charge in [0.25, 0.3) is 0 Å². The van der Waals surface area contributed by atoms with Gasteiger partial charge in [0.2, 0.25) is 0 Å². The predicted octanol–water partition coefficient (Wildman–Crippen LogP) is 10.1. The zero-order chi connectivity index (χ0) is 24.6. The lowest BCUT2D eigenvalue weighted by Crippen LogP contribution is -2.05. The van der Waals surface area contributed by atoms with Gasteiger partial charge in [0.1, 0.15) is 6.61 Å². The number of allylic oxidation sites excluding steroid dienone is 2. The monoisotopic (exact) mass is 472 g/mol. The van der Waals surface area contributed by atoms with E-state index >= 15 is 0 Å². The van der Waals surface area contributed by atoms with Gasteiger partial charge in [0.15, 0.2) is 0 Å². The van der Waals surface area contributed by atoms with Gasteiger partial charge in [-0.3, -0.25) is 4.79 Å². The van der Waals surface area contributed by atoms with Crippen molar-refractivity contribution in [3.63, 3.8) is 0 Å². The molecule has 0 bridgehead atoms. The van der Waals surface area contributed by atoms with Crippen molar-refractivity contribution in [1.82, 2.24) is 0 Å². The Morgan fingerprint density at radius 1 is 0.686 bits per heavy atom. The molecule has 0 aliphatic heterocycles. The number of carbonyl (C=O) groups excluding carboxylic acids is 1. The highest BCUT2D eigenvalue weighted by molar-refractivity contribution is 6.02. The smallest absolute Gasteiger partial charge is 0.306 e. The van der Waals surface area contributed by atoms with Crippen molar-refractivity contribution in [2.24, 2.45) is 0 Å². The van der Waals surface area contributed by atoms with Crippen LogP contribution in [0.5, 0.6) is 0 Å². The van der Waals surface area contributed by atoms with Gasteiger partial charge in [-0.05, 0) is 59.7 Å². The van der Waals surface area contributed by atoms with Crippen molar-refractivity contribution in [3.05, 3.63) is 72.3 Å². The van der Waals surface area contributed by atoms with Gasteiger partial charge in [-0.2, -0.15) is 0 Å². The number of hydrogen-bond donors (Lipinski definition) is 0. The van der Waals surface area contributed by atoms with Crippen LogP contribution in [0, 0.1) is 0 Å². The van der Waals surface area contributed by atoms with Gasteiger partial charge in [0.05, 0.1) is 0 Å². The average molecular weight is 473 g/mol. The number of ether oxygens (including phenoxy) is 1. The van der Waals surface area contributed by atoms with Crippen LogP contribution in [0.15, 0.2) is 66.7 Å². The Hall–Kier alpha value is -2.61. The van der Waals surface area contributed by atoms with Crippen LogP contribution in [0.1, 0.15) is 102 Å². The third-order valence-electron chi connectivity index (χ3n) is 6.90. The van der Waals surface area contributed by atoms with Crippen LogP contribution in [-0.2, 0) is 16.1 Å². The molecule has 2 nitrogen and oxygen atoms in total. The first-order chi connectivity index (χ1) is 17.3. The lowest BCUT2D eigenvalue weighted by molar-refractivity contribution is -0.145. The molecule has 0 aliphatic rings. The maximum atomic E-state index is 12.4. The SMILES string of the molecule is CCCCCCCC/C=C\CCCCCCCC(=O)OCc1c2ccccc2cc2ccccc12. The van der Waals surface area contributed by atoms with Crippen molar-refractivity contribution < 1.29 is 9.53 Å². The third-order valence-corrected chi connectivity index (χ3v) is 6.90. The zero-order valence-corrected chi connectivity index (χ0v) is 21.8. The van der Waals surface area contributed by atoms with Crippen molar-refractivity contribution in [3.8, 4) is 0 Å². The van der Waals surface area contributed by atoms with E-state index in [2.05, 4.69) is 61.5 Å². The van der Waals surface area contributed by atoms with E-state index in [0.29, 0.717) is 13.0 Å². The molecule has 0 unspecified atom stereocenters. The first kappa shape index (κ1) is 27.0. The van der Waals surface area contributed by atoms with Crippen LogP contribution >= 0.6 is 0 Å². The minimum Gasteiger partial charge on any atom is -0.461 e. The molecule has 0 spiro atoms. The van der Waals surface area contributed by atoms with Crippen molar-refractivity contribution in [2.75, 3.05) is 0 Å². The number of unbranched alkanes of at least 4 members (excludes halogenated alkanes) is 11. The van der Waals surface area contributed by atoms with Gasteiger partial charge < -0.3 is 4.74 Å². The summed E-state index contributed by atoms with van der Waals surface area (Å²) in [6.07, 6.45) is 21.6. The van der Waals surface area contributed by atoms with Crippen LogP contribution < -0.4 is 0 Å². The van der Waals surface area contributed by atoms with Crippen molar-refractivity contribution in [1.29, 1.82) is 0 Å². The number of rotatable bonds is 17. The Morgan fingerprint density at radius 2 is 1.20 bits per heavy atom. The molecule has 0 radical (unpaired) electrons. The largest absolute Gasteiger partial charge is 0.461 e. The predicted molar refractivity (Wildman–Crippen MR) is 151 cm³/mol. The molecule has 2 heteroatoms. The Labute approximate surface area is 212 Å². The average Bonchev–Trinajstić information content (AvgIpc) is 2.88. The molecular formula is C33H44O2. The summed E-state index contributed by atoms with van der Waals surface area (Å²) in [5.41, 5.74) is 1.11. The Bertz CT molecular complexity index is 995. The Kier molecular flexibility index (Phi) is 12.4. The molecule has 3 aromatic carbocycles. The van der Waals surface area contributed by atoms with Gasteiger partial charge >= 0.3 is 5.97 Å². The van der Waals surface area contributed by atoms with E-state index in [1.54, 1.807) is 0 Å². The van der Waals surface area contributed by atoms with E-state index in [1.165, 1.54) is 92.2 Å². The first-order valence-electron chi connectivity index (χ1n) is 14.0. The normalized spacial score (nSPS) is 11.6. The molecule has 0 fully saturated rings. The number of carbonyl (C=O) groups is 1. The van der Waals surface area contributed by atoms with E-state index in [1.807, 2.05) is 12.1 Å². The number of benzene rings is 3. The summed E-state index contributed by atoms with van der Waals surface area (Å²) in [4.78, 5) is 12.4. The highest BCUT2D eigenvalue weighted by Crippen LogP contribution is 2.29. The molecule has 0 aliphatic carbocycles. The summed E-state index contributed by atoms with van der Waals surface area (Å²) >= 11 is 0. The molecule has 0 amide bonds. The van der Waals surface area contributed by atoms with Crippen LogP contribution in [0.2, 0.25) is 0 Å². The summed E-state index contributed by atoms with van der Waals surface area (Å²) in [5.74, 6) is -0.0837. The molecule has 3 aromatic rings. The molecule has 35 heavy (non-hydrogen) atoms. The standard InChI is InChI=1S/C33H44O2/c1-2-3-4-5-6-7-8-9-10-11-12-13-14-15-16-25-33(34)35-27-32-30-23-19-17-21-28(30)26-29-22-18-20-24-31(29)32/h9-10,17-24,26H,2-8,11-16,25,27H2,1H3/b10-9-. The fourth-order valence-electron chi connectivity index (χ4n) is 4.83. The molecule has 3 rings (SSSR count). The quantitative estimate of drug-likeness (QED) is 0.0845. The van der Waals surface area contributed by atoms with E-state index in [0.717, 1.165) is 18.4 Å². The van der Waals surface area contributed by atoms with Crippen LogP contribution in [-0.4, -0.2) is 5.97 Å². The van der Waals surface area contributed by atoms with Gasteiger partial charge in [-0.15, -0.1) is 0 Å². The molecule has 0 atom stereocenters. The molecule has 0 saturated heterocycles. The molecule has 188 valence electrons. The minimum atomic E-state index is -0.0837. The van der Waals surface area contributed by atoms with Gasteiger partial charge in [0, 0.05) is 12.0 Å².